The van der Waals surface area contributed by atoms with Crippen LogP contribution >= 0.6 is 11.8 Å². The van der Waals surface area contributed by atoms with Crippen LogP contribution in [-0.2, 0) is 4.74 Å². The molecule has 0 saturated carbocycles. The summed E-state index contributed by atoms with van der Waals surface area (Å²) >= 11 is 1.52. The number of amides is 1. The first-order valence-corrected chi connectivity index (χ1v) is 12.7. The van der Waals surface area contributed by atoms with E-state index < -0.39 is 0 Å². The van der Waals surface area contributed by atoms with Gasteiger partial charge in [0, 0.05) is 67.3 Å². The number of piperazine rings is 1. The van der Waals surface area contributed by atoms with Crippen molar-refractivity contribution in [1.29, 1.82) is 0 Å². The fraction of sp³-hybridized carbons (Fsp3) is 0.346. The fourth-order valence-corrected chi connectivity index (χ4v) is 5.01. The molecule has 8 nitrogen and oxygen atoms in total. The molecule has 9 heteroatoms. The highest BCUT2D eigenvalue weighted by molar-refractivity contribution is 7.99. The molecule has 35 heavy (non-hydrogen) atoms. The van der Waals surface area contributed by atoms with E-state index in [-0.39, 0.29) is 5.91 Å². The molecule has 2 aliphatic rings. The zero-order valence-electron chi connectivity index (χ0n) is 19.9. The average molecular weight is 491 g/mol. The van der Waals surface area contributed by atoms with Gasteiger partial charge in [-0.1, -0.05) is 17.8 Å². The minimum atomic E-state index is 0.0890. The largest absolute Gasteiger partial charge is 0.378 e. The second kappa shape index (κ2) is 11.1. The number of hydrogen-bond donors (Lipinski definition) is 1. The number of hydrogen-bond acceptors (Lipinski definition) is 8. The number of nitrogens with one attached hydrogen (secondary N) is 1. The van der Waals surface area contributed by atoms with Crippen molar-refractivity contribution in [2.75, 3.05) is 69.7 Å². The Hall–Kier alpha value is -3.14. The Kier molecular flexibility index (Phi) is 7.46. The summed E-state index contributed by atoms with van der Waals surface area (Å²) in [6.07, 6.45) is 1.75. The molecule has 2 aliphatic heterocycles. The molecule has 0 atom stereocenters. The average Bonchev–Trinajstić information content (AvgIpc) is 2.90. The van der Waals surface area contributed by atoms with Gasteiger partial charge in [-0.3, -0.25) is 4.79 Å². The van der Waals surface area contributed by atoms with Crippen LogP contribution in [-0.4, -0.2) is 85.2 Å². The van der Waals surface area contributed by atoms with E-state index >= 15 is 0 Å². The Morgan fingerprint density at radius 1 is 0.971 bits per heavy atom. The lowest BCUT2D eigenvalue weighted by Crippen LogP contribution is -2.47. The summed E-state index contributed by atoms with van der Waals surface area (Å²) in [5.41, 5.74) is 2.84. The molecule has 2 aromatic carbocycles. The van der Waals surface area contributed by atoms with Crippen molar-refractivity contribution < 1.29 is 9.53 Å². The maximum absolute atomic E-state index is 12.9. The number of likely N-dealkylation sites (N-methyl/N-ethyl adjacent to an activating group) is 1. The Morgan fingerprint density at radius 2 is 1.74 bits per heavy atom. The van der Waals surface area contributed by atoms with Gasteiger partial charge in [0.15, 0.2) is 0 Å². The monoisotopic (exact) mass is 490 g/mol. The van der Waals surface area contributed by atoms with E-state index in [1.54, 1.807) is 6.20 Å². The molecule has 1 aromatic heterocycles. The summed E-state index contributed by atoms with van der Waals surface area (Å²) in [4.78, 5) is 29.5. The van der Waals surface area contributed by atoms with E-state index in [2.05, 4.69) is 44.3 Å². The number of ether oxygens (including phenoxy) is 1. The number of morpholine rings is 1. The SMILES string of the molecule is CN1CCN(C(=O)c2cccc(Sc3ccnc(Nc4ccc(N5CCOCC5)cc4)n3)c2)CC1. The molecule has 182 valence electrons. The Morgan fingerprint density at radius 3 is 2.51 bits per heavy atom. The highest BCUT2D eigenvalue weighted by Crippen LogP contribution is 2.28. The third-order valence-corrected chi connectivity index (χ3v) is 7.15. The Labute approximate surface area is 210 Å². The van der Waals surface area contributed by atoms with Crippen molar-refractivity contribution >= 4 is 35.0 Å². The van der Waals surface area contributed by atoms with Gasteiger partial charge >= 0.3 is 0 Å². The first-order valence-electron chi connectivity index (χ1n) is 11.9. The van der Waals surface area contributed by atoms with Gasteiger partial charge in [0.1, 0.15) is 5.03 Å². The molecular formula is C26H30N6O2S. The van der Waals surface area contributed by atoms with Gasteiger partial charge < -0.3 is 24.8 Å². The number of carbonyl (C=O) groups excluding carboxylic acids is 1. The van der Waals surface area contributed by atoms with Gasteiger partial charge in [-0.2, -0.15) is 0 Å². The van der Waals surface area contributed by atoms with Gasteiger partial charge in [0.05, 0.1) is 13.2 Å². The molecule has 0 unspecified atom stereocenters. The Bertz CT molecular complexity index is 1140. The van der Waals surface area contributed by atoms with E-state index in [1.807, 2.05) is 47.4 Å². The standard InChI is InChI=1S/C26H30N6O2S/c1-30-11-13-32(14-12-30)25(33)20-3-2-4-23(19-20)35-24-9-10-27-26(29-24)28-21-5-7-22(8-6-21)31-15-17-34-18-16-31/h2-10,19H,11-18H2,1H3,(H,27,28,29). The fourth-order valence-electron chi connectivity index (χ4n) is 4.17. The maximum atomic E-state index is 12.9. The molecule has 0 bridgehead atoms. The number of aromatic nitrogens is 2. The lowest BCUT2D eigenvalue weighted by molar-refractivity contribution is 0.0664. The zero-order chi connectivity index (χ0) is 24.0. The van der Waals surface area contributed by atoms with Crippen LogP contribution < -0.4 is 10.2 Å². The highest BCUT2D eigenvalue weighted by atomic mass is 32.2. The van der Waals surface area contributed by atoms with Crippen molar-refractivity contribution in [2.24, 2.45) is 0 Å². The molecule has 0 radical (unpaired) electrons. The van der Waals surface area contributed by atoms with Crippen molar-refractivity contribution in [3.05, 3.63) is 66.4 Å². The maximum Gasteiger partial charge on any atom is 0.253 e. The molecule has 0 aliphatic carbocycles. The van der Waals surface area contributed by atoms with E-state index in [9.17, 15) is 4.79 Å². The Balaban J connectivity index is 1.22. The number of carbonyl (C=O) groups is 1. The van der Waals surface area contributed by atoms with Crippen LogP contribution in [0.2, 0.25) is 0 Å². The summed E-state index contributed by atoms with van der Waals surface area (Å²) < 4.78 is 5.43. The molecule has 1 N–H and O–H groups in total. The van der Waals surface area contributed by atoms with Crippen molar-refractivity contribution in [2.45, 2.75) is 9.92 Å². The smallest absolute Gasteiger partial charge is 0.253 e. The number of anilines is 3. The molecule has 0 spiro atoms. The van der Waals surface area contributed by atoms with E-state index in [0.29, 0.717) is 11.5 Å². The van der Waals surface area contributed by atoms with Crippen LogP contribution in [0.15, 0.2) is 70.7 Å². The predicted molar refractivity (Wildman–Crippen MR) is 139 cm³/mol. The minimum absolute atomic E-state index is 0.0890. The summed E-state index contributed by atoms with van der Waals surface area (Å²) in [5.74, 6) is 0.630. The van der Waals surface area contributed by atoms with Gasteiger partial charge in [0.2, 0.25) is 5.95 Å². The molecule has 2 saturated heterocycles. The van der Waals surface area contributed by atoms with Crippen LogP contribution in [0, 0.1) is 0 Å². The van der Waals surface area contributed by atoms with Crippen LogP contribution in [0.5, 0.6) is 0 Å². The summed E-state index contributed by atoms with van der Waals surface area (Å²) in [7, 11) is 2.09. The summed E-state index contributed by atoms with van der Waals surface area (Å²) in [6, 6.07) is 18.0. The third-order valence-electron chi connectivity index (χ3n) is 6.22. The molecule has 3 heterocycles. The van der Waals surface area contributed by atoms with Gasteiger partial charge in [-0.25, -0.2) is 9.97 Å². The van der Waals surface area contributed by atoms with Gasteiger partial charge in [0.25, 0.3) is 5.91 Å². The summed E-state index contributed by atoms with van der Waals surface area (Å²) in [5, 5.41) is 4.11. The number of rotatable bonds is 6. The normalized spacial score (nSPS) is 16.8. The zero-order valence-corrected chi connectivity index (χ0v) is 20.7. The first-order chi connectivity index (χ1) is 17.1. The minimum Gasteiger partial charge on any atom is -0.378 e. The number of benzene rings is 2. The molecular weight excluding hydrogens is 460 g/mol. The van der Waals surface area contributed by atoms with Gasteiger partial charge in [-0.15, -0.1) is 0 Å². The van der Waals surface area contributed by atoms with E-state index in [4.69, 9.17) is 4.74 Å². The molecule has 1 amide bonds. The molecule has 3 aromatic rings. The van der Waals surface area contributed by atoms with Crippen LogP contribution in [0.3, 0.4) is 0 Å². The van der Waals surface area contributed by atoms with Gasteiger partial charge in [-0.05, 0) is 55.6 Å². The predicted octanol–water partition coefficient (Wildman–Crippen LogP) is 3.60. The van der Waals surface area contributed by atoms with E-state index in [0.717, 1.165) is 68.1 Å². The highest BCUT2D eigenvalue weighted by Gasteiger charge is 2.20. The van der Waals surface area contributed by atoms with Crippen molar-refractivity contribution in [3.63, 3.8) is 0 Å². The van der Waals surface area contributed by atoms with Crippen LogP contribution in [0.1, 0.15) is 10.4 Å². The van der Waals surface area contributed by atoms with E-state index in [1.165, 1.54) is 17.4 Å². The van der Waals surface area contributed by atoms with Crippen molar-refractivity contribution in [3.8, 4) is 0 Å². The molecule has 5 rings (SSSR count). The first kappa shape index (κ1) is 23.6. The van der Waals surface area contributed by atoms with Crippen LogP contribution in [0.25, 0.3) is 0 Å². The third kappa shape index (κ3) is 6.11. The summed E-state index contributed by atoms with van der Waals surface area (Å²) in [6.45, 7) is 6.72. The molecule has 2 fully saturated rings. The lowest BCUT2D eigenvalue weighted by atomic mass is 10.2. The number of nitrogens with zero attached hydrogens (tertiary/aromatic N) is 5. The quantitative estimate of drug-likeness (QED) is 0.526. The van der Waals surface area contributed by atoms with Crippen molar-refractivity contribution in [1.82, 2.24) is 19.8 Å². The van der Waals surface area contributed by atoms with Crippen LogP contribution in [0.4, 0.5) is 17.3 Å². The lowest BCUT2D eigenvalue weighted by Gasteiger charge is -2.32. The topological polar surface area (TPSA) is 73.8 Å². The second-order valence-corrected chi connectivity index (χ2v) is 9.81. The second-order valence-electron chi connectivity index (χ2n) is 8.72.